The number of benzene rings is 1. The number of halogens is 1. The maximum Gasteiger partial charge on any atom is 0.224 e. The zero-order valence-electron chi connectivity index (χ0n) is 11.3. The molecule has 1 aromatic heterocycles. The number of amides is 1. The number of aromatic amines is 1. The number of rotatable bonds is 6. The van der Waals surface area contributed by atoms with Crippen LogP contribution in [0.3, 0.4) is 0 Å². The van der Waals surface area contributed by atoms with Crippen molar-refractivity contribution in [2.24, 2.45) is 0 Å². The maximum absolute atomic E-state index is 11.9. The van der Waals surface area contributed by atoms with Crippen LogP contribution in [-0.4, -0.2) is 26.4 Å². The molecule has 0 spiro atoms. The third-order valence-corrected chi connectivity index (χ3v) is 3.39. The van der Waals surface area contributed by atoms with Gasteiger partial charge < -0.3 is 5.32 Å². The van der Waals surface area contributed by atoms with E-state index < -0.39 is 0 Å². The molecule has 1 aromatic carbocycles. The number of unbranched alkanes of at least 4 members (excludes halogenated alkanes) is 1. The molecule has 2 N–H and O–H groups in total. The zero-order valence-corrected chi connectivity index (χ0v) is 12.9. The minimum Gasteiger partial charge on any atom is -0.325 e. The molecule has 0 bridgehead atoms. The Morgan fingerprint density at radius 1 is 1.35 bits per heavy atom. The Kier molecular flexibility index (Phi) is 5.29. The zero-order chi connectivity index (χ0) is 14.4. The fourth-order valence-electron chi connectivity index (χ4n) is 1.84. The molecule has 1 amide bonds. The Hall–Kier alpha value is -1.69. The lowest BCUT2D eigenvalue weighted by atomic mass is 10.1. The predicted molar refractivity (Wildman–Crippen MR) is 82.8 cm³/mol. The highest BCUT2D eigenvalue weighted by Crippen LogP contribution is 2.24. The number of nitrogens with one attached hydrogen (secondary N) is 2. The van der Waals surface area contributed by atoms with E-state index in [4.69, 9.17) is 0 Å². The lowest BCUT2D eigenvalue weighted by Crippen LogP contribution is -2.12. The molecule has 0 saturated heterocycles. The van der Waals surface area contributed by atoms with Crippen molar-refractivity contribution in [1.29, 1.82) is 0 Å². The molecular formula is C14H17BrN4O. The molecule has 2 rings (SSSR count). The van der Waals surface area contributed by atoms with Crippen molar-refractivity contribution in [3.8, 4) is 11.4 Å². The van der Waals surface area contributed by atoms with E-state index in [0.717, 1.165) is 35.2 Å². The predicted octanol–water partition coefficient (Wildman–Crippen LogP) is 3.28. The van der Waals surface area contributed by atoms with Gasteiger partial charge in [0.2, 0.25) is 5.91 Å². The number of anilines is 1. The molecule has 0 aliphatic rings. The van der Waals surface area contributed by atoms with E-state index in [0.29, 0.717) is 12.2 Å². The molecule has 0 aliphatic carbocycles. The standard InChI is InChI=1S/C14H17BrN4O/c1-10-16-14(19-18-10)11-6-2-3-7-12(11)17-13(20)8-4-5-9-15/h2-3,6-7H,4-5,8-9H2,1H3,(H,17,20)(H,16,18,19). The first-order valence-corrected chi connectivity index (χ1v) is 7.67. The van der Waals surface area contributed by atoms with E-state index in [1.165, 1.54) is 0 Å². The van der Waals surface area contributed by atoms with Gasteiger partial charge in [0.15, 0.2) is 5.82 Å². The van der Waals surface area contributed by atoms with Gasteiger partial charge in [-0.2, -0.15) is 5.10 Å². The second-order valence-electron chi connectivity index (χ2n) is 4.48. The summed E-state index contributed by atoms with van der Waals surface area (Å²) in [5.74, 6) is 1.36. The lowest BCUT2D eigenvalue weighted by Gasteiger charge is -2.08. The maximum atomic E-state index is 11.9. The number of nitrogens with zero attached hydrogens (tertiary/aromatic N) is 2. The summed E-state index contributed by atoms with van der Waals surface area (Å²) in [4.78, 5) is 16.2. The van der Waals surface area contributed by atoms with Crippen LogP contribution in [0.5, 0.6) is 0 Å². The quantitative estimate of drug-likeness (QED) is 0.628. The molecule has 0 aliphatic heterocycles. The number of hydrogen-bond donors (Lipinski definition) is 2. The van der Waals surface area contributed by atoms with Crippen LogP contribution in [0, 0.1) is 6.92 Å². The van der Waals surface area contributed by atoms with Gasteiger partial charge in [-0.05, 0) is 31.9 Å². The highest BCUT2D eigenvalue weighted by Gasteiger charge is 2.11. The summed E-state index contributed by atoms with van der Waals surface area (Å²) in [5, 5.41) is 10.8. The summed E-state index contributed by atoms with van der Waals surface area (Å²) in [5.41, 5.74) is 1.57. The Morgan fingerprint density at radius 2 is 2.15 bits per heavy atom. The number of H-pyrrole nitrogens is 1. The summed E-state index contributed by atoms with van der Waals surface area (Å²) in [6, 6.07) is 7.55. The normalized spacial score (nSPS) is 10.5. The SMILES string of the molecule is Cc1nc(-c2ccccc2NC(=O)CCCCBr)n[nH]1. The average Bonchev–Trinajstić information content (AvgIpc) is 2.86. The first-order chi connectivity index (χ1) is 9.70. The number of aryl methyl sites for hydroxylation is 1. The molecular weight excluding hydrogens is 320 g/mol. The highest BCUT2D eigenvalue weighted by molar-refractivity contribution is 9.09. The molecule has 2 aromatic rings. The van der Waals surface area contributed by atoms with Crippen molar-refractivity contribution in [1.82, 2.24) is 15.2 Å². The van der Waals surface area contributed by atoms with E-state index in [2.05, 4.69) is 36.4 Å². The van der Waals surface area contributed by atoms with Crippen molar-refractivity contribution in [3.05, 3.63) is 30.1 Å². The molecule has 0 fully saturated rings. The molecule has 0 saturated carbocycles. The van der Waals surface area contributed by atoms with Gasteiger partial charge in [-0.25, -0.2) is 4.98 Å². The van der Waals surface area contributed by atoms with E-state index in [9.17, 15) is 4.79 Å². The van der Waals surface area contributed by atoms with Crippen LogP contribution in [0.25, 0.3) is 11.4 Å². The van der Waals surface area contributed by atoms with Crippen LogP contribution in [0.1, 0.15) is 25.1 Å². The minimum absolute atomic E-state index is 0.0191. The first-order valence-electron chi connectivity index (χ1n) is 6.55. The van der Waals surface area contributed by atoms with Crippen molar-refractivity contribution >= 4 is 27.5 Å². The molecule has 1 heterocycles. The van der Waals surface area contributed by atoms with Gasteiger partial charge in [-0.1, -0.05) is 28.1 Å². The summed E-state index contributed by atoms with van der Waals surface area (Å²) >= 11 is 3.36. The van der Waals surface area contributed by atoms with Crippen LogP contribution >= 0.6 is 15.9 Å². The van der Waals surface area contributed by atoms with Crippen molar-refractivity contribution in [2.75, 3.05) is 10.6 Å². The number of carbonyl (C=O) groups excluding carboxylic acids is 1. The Bertz CT molecular complexity index is 582. The molecule has 0 radical (unpaired) electrons. The smallest absolute Gasteiger partial charge is 0.224 e. The fraction of sp³-hybridized carbons (Fsp3) is 0.357. The van der Waals surface area contributed by atoms with E-state index in [1.807, 2.05) is 31.2 Å². The number of para-hydroxylation sites is 1. The first kappa shape index (κ1) is 14.7. The van der Waals surface area contributed by atoms with Crippen molar-refractivity contribution in [3.63, 3.8) is 0 Å². The Balaban J connectivity index is 2.10. The van der Waals surface area contributed by atoms with Gasteiger partial charge >= 0.3 is 0 Å². The van der Waals surface area contributed by atoms with Crippen LogP contribution in [0.15, 0.2) is 24.3 Å². The van der Waals surface area contributed by atoms with Crippen LogP contribution in [0.4, 0.5) is 5.69 Å². The Labute approximate surface area is 126 Å². The van der Waals surface area contributed by atoms with Gasteiger partial charge in [0.1, 0.15) is 5.82 Å². The average molecular weight is 337 g/mol. The van der Waals surface area contributed by atoms with Crippen molar-refractivity contribution in [2.45, 2.75) is 26.2 Å². The topological polar surface area (TPSA) is 70.7 Å². The molecule has 20 heavy (non-hydrogen) atoms. The highest BCUT2D eigenvalue weighted by atomic mass is 79.9. The van der Waals surface area contributed by atoms with Gasteiger partial charge in [0, 0.05) is 17.3 Å². The number of carbonyl (C=O) groups is 1. The largest absolute Gasteiger partial charge is 0.325 e. The van der Waals surface area contributed by atoms with Crippen LogP contribution in [-0.2, 0) is 4.79 Å². The monoisotopic (exact) mass is 336 g/mol. The van der Waals surface area contributed by atoms with E-state index in [1.54, 1.807) is 0 Å². The van der Waals surface area contributed by atoms with Crippen molar-refractivity contribution < 1.29 is 4.79 Å². The summed E-state index contributed by atoms with van der Waals surface area (Å²) in [7, 11) is 0. The summed E-state index contributed by atoms with van der Waals surface area (Å²) < 4.78 is 0. The fourth-order valence-corrected chi connectivity index (χ4v) is 2.24. The van der Waals surface area contributed by atoms with Crippen LogP contribution in [0.2, 0.25) is 0 Å². The molecule has 6 heteroatoms. The van der Waals surface area contributed by atoms with Crippen LogP contribution < -0.4 is 5.32 Å². The van der Waals surface area contributed by atoms with Gasteiger partial charge in [-0.15, -0.1) is 0 Å². The molecule has 0 unspecified atom stereocenters. The summed E-state index contributed by atoms with van der Waals surface area (Å²) in [6.45, 7) is 1.85. The molecule has 106 valence electrons. The van der Waals surface area contributed by atoms with Gasteiger partial charge in [-0.3, -0.25) is 9.89 Å². The third kappa shape index (κ3) is 3.90. The van der Waals surface area contributed by atoms with E-state index >= 15 is 0 Å². The second kappa shape index (κ2) is 7.19. The Morgan fingerprint density at radius 3 is 2.85 bits per heavy atom. The second-order valence-corrected chi connectivity index (χ2v) is 5.28. The van der Waals surface area contributed by atoms with Gasteiger partial charge in [0.25, 0.3) is 0 Å². The molecule has 0 atom stereocenters. The molecule has 5 nitrogen and oxygen atoms in total. The summed E-state index contributed by atoms with van der Waals surface area (Å²) in [6.07, 6.45) is 2.39. The lowest BCUT2D eigenvalue weighted by molar-refractivity contribution is -0.116. The number of hydrogen-bond acceptors (Lipinski definition) is 3. The number of aromatic nitrogens is 3. The van der Waals surface area contributed by atoms with Gasteiger partial charge in [0.05, 0.1) is 5.69 Å². The van der Waals surface area contributed by atoms with E-state index in [-0.39, 0.29) is 5.91 Å². The minimum atomic E-state index is 0.0191. The third-order valence-electron chi connectivity index (χ3n) is 2.83. The number of alkyl halides is 1.